The van der Waals surface area contributed by atoms with Gasteiger partial charge in [0.25, 0.3) is 5.91 Å². The lowest BCUT2D eigenvalue weighted by atomic mass is 10.1. The van der Waals surface area contributed by atoms with Gasteiger partial charge < -0.3 is 9.80 Å². The first kappa shape index (κ1) is 16.6. The molecule has 1 fully saturated rings. The Kier molecular flexibility index (Phi) is 5.91. The number of halogens is 2. The maximum absolute atomic E-state index is 12.6. The van der Waals surface area contributed by atoms with Gasteiger partial charge in [-0.25, -0.2) is 0 Å². The van der Waals surface area contributed by atoms with Gasteiger partial charge in [0, 0.05) is 25.2 Å². The van der Waals surface area contributed by atoms with Gasteiger partial charge in [0.1, 0.15) is 0 Å². The van der Waals surface area contributed by atoms with Crippen molar-refractivity contribution in [1.29, 1.82) is 0 Å². The van der Waals surface area contributed by atoms with Crippen molar-refractivity contribution in [2.75, 3.05) is 26.7 Å². The zero-order valence-corrected chi connectivity index (χ0v) is 14.1. The molecule has 0 aromatic heterocycles. The molecule has 1 saturated heterocycles. The summed E-state index contributed by atoms with van der Waals surface area (Å²) in [6, 6.07) is 5.28. The zero-order valence-electron chi connectivity index (χ0n) is 12.6. The molecule has 1 aromatic carbocycles. The Bertz CT molecular complexity index is 501. The van der Waals surface area contributed by atoms with E-state index in [1.54, 1.807) is 18.2 Å². The summed E-state index contributed by atoms with van der Waals surface area (Å²) in [6.07, 6.45) is 3.47. The fourth-order valence-electron chi connectivity index (χ4n) is 2.79. The first-order chi connectivity index (χ1) is 10.0. The van der Waals surface area contributed by atoms with Crippen LogP contribution in [0.2, 0.25) is 10.0 Å². The molecule has 116 valence electrons. The molecule has 0 saturated carbocycles. The fraction of sp³-hybridized carbons (Fsp3) is 0.562. The zero-order chi connectivity index (χ0) is 15.4. The van der Waals surface area contributed by atoms with Gasteiger partial charge >= 0.3 is 0 Å². The molecule has 1 aliphatic heterocycles. The summed E-state index contributed by atoms with van der Waals surface area (Å²) in [5.41, 5.74) is 0.590. The number of likely N-dealkylation sites (N-methyl/N-ethyl adjacent to an activating group) is 1. The highest BCUT2D eigenvalue weighted by Crippen LogP contribution is 2.23. The highest BCUT2D eigenvalue weighted by Gasteiger charge is 2.23. The van der Waals surface area contributed by atoms with Crippen molar-refractivity contribution in [2.45, 2.75) is 32.2 Å². The maximum Gasteiger partial charge on any atom is 0.253 e. The van der Waals surface area contributed by atoms with Crippen LogP contribution in [-0.4, -0.2) is 48.4 Å². The number of amides is 1. The first-order valence-corrected chi connectivity index (χ1v) is 8.23. The van der Waals surface area contributed by atoms with Crippen LogP contribution < -0.4 is 0 Å². The Labute approximate surface area is 136 Å². The predicted molar refractivity (Wildman–Crippen MR) is 88.3 cm³/mol. The average Bonchev–Trinajstić information content (AvgIpc) is 2.99. The second kappa shape index (κ2) is 7.48. The lowest BCUT2D eigenvalue weighted by Crippen LogP contribution is -2.44. The summed E-state index contributed by atoms with van der Waals surface area (Å²) in [5, 5.41) is 0.892. The number of hydrogen-bond donors (Lipinski definition) is 0. The van der Waals surface area contributed by atoms with Gasteiger partial charge in [0.2, 0.25) is 0 Å². The van der Waals surface area contributed by atoms with Crippen molar-refractivity contribution in [3.05, 3.63) is 33.8 Å². The van der Waals surface area contributed by atoms with E-state index in [1.165, 1.54) is 12.8 Å². The van der Waals surface area contributed by atoms with Gasteiger partial charge in [-0.05, 0) is 50.6 Å². The lowest BCUT2D eigenvalue weighted by molar-refractivity contribution is 0.0693. The molecule has 1 unspecified atom stereocenters. The van der Waals surface area contributed by atoms with Crippen LogP contribution in [0.15, 0.2) is 18.2 Å². The molecule has 3 nitrogen and oxygen atoms in total. The van der Waals surface area contributed by atoms with Gasteiger partial charge in [-0.2, -0.15) is 0 Å². The summed E-state index contributed by atoms with van der Waals surface area (Å²) in [4.78, 5) is 16.9. The van der Waals surface area contributed by atoms with Crippen molar-refractivity contribution >= 4 is 29.1 Å². The van der Waals surface area contributed by atoms with Crippen LogP contribution in [0.5, 0.6) is 0 Å². The first-order valence-electron chi connectivity index (χ1n) is 7.47. The van der Waals surface area contributed by atoms with Crippen LogP contribution >= 0.6 is 23.2 Å². The highest BCUT2D eigenvalue weighted by molar-refractivity contribution is 6.42. The smallest absolute Gasteiger partial charge is 0.253 e. The minimum atomic E-state index is -0.000358. The second-order valence-electron chi connectivity index (χ2n) is 5.61. The third kappa shape index (κ3) is 4.12. The molecule has 0 bridgehead atoms. The van der Waals surface area contributed by atoms with Crippen molar-refractivity contribution in [2.24, 2.45) is 0 Å². The molecular weight excluding hydrogens is 307 g/mol. The summed E-state index contributed by atoms with van der Waals surface area (Å²) in [5.74, 6) is -0.000358. The van der Waals surface area contributed by atoms with Crippen LogP contribution in [-0.2, 0) is 0 Å². The molecule has 0 N–H and O–H groups in total. The molecule has 0 radical (unpaired) electrons. The van der Waals surface area contributed by atoms with Crippen molar-refractivity contribution in [3.8, 4) is 0 Å². The van der Waals surface area contributed by atoms with E-state index in [1.807, 2.05) is 11.9 Å². The quantitative estimate of drug-likeness (QED) is 0.817. The lowest BCUT2D eigenvalue weighted by Gasteiger charge is -2.31. The summed E-state index contributed by atoms with van der Waals surface area (Å²) >= 11 is 11.9. The van der Waals surface area contributed by atoms with Crippen LogP contribution in [0, 0.1) is 0 Å². The Morgan fingerprint density at radius 3 is 2.52 bits per heavy atom. The molecule has 1 heterocycles. The van der Waals surface area contributed by atoms with Gasteiger partial charge in [-0.15, -0.1) is 0 Å². The number of hydrogen-bond acceptors (Lipinski definition) is 2. The van der Waals surface area contributed by atoms with E-state index in [4.69, 9.17) is 23.2 Å². The van der Waals surface area contributed by atoms with E-state index >= 15 is 0 Å². The molecule has 1 atom stereocenters. The number of rotatable bonds is 5. The van der Waals surface area contributed by atoms with Crippen molar-refractivity contribution in [3.63, 3.8) is 0 Å². The number of benzene rings is 1. The molecule has 0 aliphatic carbocycles. The van der Waals surface area contributed by atoms with Gasteiger partial charge in [0.15, 0.2) is 0 Å². The standard InChI is InChI=1S/C16H22Cl2N2O/c1-3-13(11-20-8-4-5-9-20)19(2)16(21)12-6-7-14(17)15(18)10-12/h6-7,10,13H,3-5,8-9,11H2,1-2H3. The van der Waals surface area contributed by atoms with E-state index < -0.39 is 0 Å². The minimum absolute atomic E-state index is 0.000358. The van der Waals surface area contributed by atoms with Crippen LogP contribution in [0.4, 0.5) is 0 Å². The molecule has 1 aromatic rings. The number of carbonyl (C=O) groups is 1. The molecule has 2 rings (SSSR count). The molecular formula is C16H22Cl2N2O. The summed E-state index contributed by atoms with van der Waals surface area (Å²) in [7, 11) is 1.87. The topological polar surface area (TPSA) is 23.6 Å². The van der Waals surface area contributed by atoms with E-state index in [-0.39, 0.29) is 11.9 Å². The molecule has 21 heavy (non-hydrogen) atoms. The Hall–Kier alpha value is -0.770. The third-order valence-electron chi connectivity index (χ3n) is 4.17. The minimum Gasteiger partial charge on any atom is -0.337 e. The van der Waals surface area contributed by atoms with E-state index in [0.29, 0.717) is 15.6 Å². The van der Waals surface area contributed by atoms with Crippen molar-refractivity contribution in [1.82, 2.24) is 9.80 Å². The van der Waals surface area contributed by atoms with Crippen LogP contribution in [0.25, 0.3) is 0 Å². The average molecular weight is 329 g/mol. The normalized spacial score (nSPS) is 17.0. The third-order valence-corrected chi connectivity index (χ3v) is 4.91. The molecule has 1 amide bonds. The molecule has 1 aliphatic rings. The Morgan fingerprint density at radius 1 is 1.29 bits per heavy atom. The SMILES string of the molecule is CCC(CN1CCCC1)N(C)C(=O)c1ccc(Cl)c(Cl)c1. The predicted octanol–water partition coefficient (Wildman–Crippen LogP) is 3.94. The fourth-order valence-corrected chi connectivity index (χ4v) is 3.09. The summed E-state index contributed by atoms with van der Waals surface area (Å²) in [6.45, 7) is 5.36. The monoisotopic (exact) mass is 328 g/mol. The number of carbonyl (C=O) groups excluding carboxylic acids is 1. The van der Waals surface area contributed by atoms with E-state index in [0.717, 1.165) is 26.1 Å². The highest BCUT2D eigenvalue weighted by atomic mass is 35.5. The Morgan fingerprint density at radius 2 is 1.95 bits per heavy atom. The Balaban J connectivity index is 2.06. The van der Waals surface area contributed by atoms with Gasteiger partial charge in [-0.1, -0.05) is 30.1 Å². The van der Waals surface area contributed by atoms with Crippen LogP contribution in [0.3, 0.4) is 0 Å². The van der Waals surface area contributed by atoms with Gasteiger partial charge in [-0.3, -0.25) is 4.79 Å². The van der Waals surface area contributed by atoms with Gasteiger partial charge in [0.05, 0.1) is 10.0 Å². The molecule has 0 spiro atoms. The largest absolute Gasteiger partial charge is 0.337 e. The van der Waals surface area contributed by atoms with E-state index in [9.17, 15) is 4.79 Å². The maximum atomic E-state index is 12.6. The van der Waals surface area contributed by atoms with E-state index in [2.05, 4.69) is 11.8 Å². The summed E-state index contributed by atoms with van der Waals surface area (Å²) < 4.78 is 0. The number of nitrogens with zero attached hydrogens (tertiary/aromatic N) is 2. The molecule has 5 heteroatoms. The number of likely N-dealkylation sites (tertiary alicyclic amines) is 1. The van der Waals surface area contributed by atoms with Crippen molar-refractivity contribution < 1.29 is 4.79 Å². The second-order valence-corrected chi connectivity index (χ2v) is 6.43. The van der Waals surface area contributed by atoms with Crippen LogP contribution in [0.1, 0.15) is 36.5 Å².